The van der Waals surface area contributed by atoms with Crippen LogP contribution >= 0.6 is 0 Å². The van der Waals surface area contributed by atoms with Gasteiger partial charge in [-0.3, -0.25) is 4.90 Å². The molecule has 1 aromatic heterocycles. The van der Waals surface area contributed by atoms with Gasteiger partial charge in [0.05, 0.1) is 37.4 Å². The summed E-state index contributed by atoms with van der Waals surface area (Å²) in [6.07, 6.45) is -4.21. The third-order valence-electron chi connectivity index (χ3n) is 6.78. The molecule has 10 heteroatoms. The number of carbonyl (C=O) groups excluding carboxylic acids is 1. The van der Waals surface area contributed by atoms with Crippen LogP contribution in [-0.2, 0) is 26.9 Å². The summed E-state index contributed by atoms with van der Waals surface area (Å²) in [7, 11) is 1.92. The molecule has 3 heterocycles. The minimum atomic E-state index is -4.48. The Labute approximate surface area is 209 Å². The average molecular weight is 508 g/mol. The number of likely N-dealkylation sites (N-methyl/N-ethyl adjacent to an activating group) is 1. The molecule has 0 aliphatic carbocycles. The average Bonchev–Trinajstić information content (AvgIpc) is 3.38. The molecule has 1 amide bonds. The number of alkyl halides is 3. The number of amides is 1. The molecule has 2 aromatic rings. The van der Waals surface area contributed by atoms with Crippen molar-refractivity contribution in [2.45, 2.75) is 64.7 Å². The van der Waals surface area contributed by atoms with Crippen LogP contribution in [0.4, 0.5) is 23.8 Å². The maximum atomic E-state index is 13.4. The number of carbonyl (C=O) groups is 1. The normalized spacial score (nSPS) is 24.3. The van der Waals surface area contributed by atoms with E-state index in [1.807, 2.05) is 31.9 Å². The minimum Gasteiger partial charge on any atom is -0.439 e. The topological polar surface area (TPSA) is 64.1 Å². The molecule has 2 saturated heterocycles. The summed E-state index contributed by atoms with van der Waals surface area (Å²) < 4.78 is 57.2. The number of ether oxygens (including phenoxy) is 3. The van der Waals surface area contributed by atoms with Crippen LogP contribution < -0.4 is 4.90 Å². The fourth-order valence-corrected chi connectivity index (χ4v) is 4.96. The van der Waals surface area contributed by atoms with E-state index >= 15 is 0 Å². The minimum absolute atomic E-state index is 0.0392. The van der Waals surface area contributed by atoms with Crippen LogP contribution in [-0.4, -0.2) is 61.0 Å². The molecule has 0 N–H and O–H groups in total. The van der Waals surface area contributed by atoms with Crippen molar-refractivity contribution < 1.29 is 32.2 Å². The van der Waals surface area contributed by atoms with Crippen molar-refractivity contribution in [2.75, 3.05) is 31.8 Å². The van der Waals surface area contributed by atoms with Gasteiger partial charge in [-0.1, -0.05) is 11.6 Å². The molecule has 4 atom stereocenters. The second-order valence-corrected chi connectivity index (χ2v) is 9.51. The molecule has 0 bridgehead atoms. The highest BCUT2D eigenvalue weighted by molar-refractivity contribution is 5.71. The van der Waals surface area contributed by atoms with E-state index < -0.39 is 30.0 Å². The number of pyridine rings is 1. The SMILES string of the molecule is CCO[C@H]1COC[C@H]1N(C)c1ncc(C)cc1CN1C(=O)O[C@H](c2cc(C)cc(C(F)(F)F)c2)[C@@H]1C. The van der Waals surface area contributed by atoms with Gasteiger partial charge in [-0.25, -0.2) is 9.78 Å². The number of anilines is 1. The number of cyclic esters (lactones) is 1. The van der Waals surface area contributed by atoms with Gasteiger partial charge in [0.2, 0.25) is 0 Å². The molecule has 0 saturated carbocycles. The molecule has 2 aliphatic rings. The monoisotopic (exact) mass is 507 g/mol. The quantitative estimate of drug-likeness (QED) is 0.523. The first-order chi connectivity index (χ1) is 17.0. The number of rotatable bonds is 7. The van der Waals surface area contributed by atoms with Crippen molar-refractivity contribution >= 4 is 11.9 Å². The molecule has 2 fully saturated rings. The molecule has 0 spiro atoms. The number of halogens is 3. The first kappa shape index (κ1) is 26.2. The molecule has 4 rings (SSSR count). The number of nitrogens with zero attached hydrogens (tertiary/aromatic N) is 3. The Kier molecular flexibility index (Phi) is 7.47. The summed E-state index contributed by atoms with van der Waals surface area (Å²) in [5, 5.41) is 0. The van der Waals surface area contributed by atoms with Crippen LogP contribution in [0.5, 0.6) is 0 Å². The van der Waals surface area contributed by atoms with Crippen molar-refractivity contribution in [1.82, 2.24) is 9.88 Å². The highest BCUT2D eigenvalue weighted by atomic mass is 19.4. The summed E-state index contributed by atoms with van der Waals surface area (Å²) in [6, 6.07) is 5.23. The van der Waals surface area contributed by atoms with Gasteiger partial charge in [0.25, 0.3) is 0 Å². The summed E-state index contributed by atoms with van der Waals surface area (Å²) >= 11 is 0. The van der Waals surface area contributed by atoms with Crippen LogP contribution in [0.15, 0.2) is 30.5 Å². The van der Waals surface area contributed by atoms with Gasteiger partial charge in [-0.05, 0) is 57.0 Å². The van der Waals surface area contributed by atoms with Crippen LogP contribution in [0.2, 0.25) is 0 Å². The van der Waals surface area contributed by atoms with Gasteiger partial charge in [-0.2, -0.15) is 13.2 Å². The number of aromatic nitrogens is 1. The van der Waals surface area contributed by atoms with Gasteiger partial charge >= 0.3 is 12.3 Å². The van der Waals surface area contributed by atoms with E-state index in [1.54, 1.807) is 31.0 Å². The fourth-order valence-electron chi connectivity index (χ4n) is 4.96. The first-order valence-corrected chi connectivity index (χ1v) is 12.0. The number of hydrogen-bond acceptors (Lipinski definition) is 6. The zero-order valence-electron chi connectivity index (χ0n) is 21.1. The van der Waals surface area contributed by atoms with E-state index in [-0.39, 0.29) is 18.7 Å². The maximum Gasteiger partial charge on any atom is 0.416 e. The van der Waals surface area contributed by atoms with Crippen LogP contribution in [0.25, 0.3) is 0 Å². The lowest BCUT2D eigenvalue weighted by atomic mass is 9.98. The largest absolute Gasteiger partial charge is 0.439 e. The molecule has 0 unspecified atom stereocenters. The lowest BCUT2D eigenvalue weighted by molar-refractivity contribution is -0.137. The lowest BCUT2D eigenvalue weighted by Gasteiger charge is -2.31. The van der Waals surface area contributed by atoms with Gasteiger partial charge in [0, 0.05) is 25.4 Å². The smallest absolute Gasteiger partial charge is 0.416 e. The predicted octanol–water partition coefficient (Wildman–Crippen LogP) is 5.04. The zero-order chi connectivity index (χ0) is 26.2. The molecule has 7 nitrogen and oxygen atoms in total. The fraction of sp³-hybridized carbons (Fsp3) is 0.538. The molecular weight excluding hydrogens is 475 g/mol. The third-order valence-corrected chi connectivity index (χ3v) is 6.78. The van der Waals surface area contributed by atoms with Crippen LogP contribution in [0.3, 0.4) is 0 Å². The van der Waals surface area contributed by atoms with E-state index in [0.29, 0.717) is 36.8 Å². The third kappa shape index (κ3) is 5.29. The summed E-state index contributed by atoms with van der Waals surface area (Å²) in [6.45, 7) is 9.01. The van der Waals surface area contributed by atoms with E-state index in [1.165, 1.54) is 0 Å². The van der Waals surface area contributed by atoms with Crippen molar-refractivity contribution in [3.05, 3.63) is 58.3 Å². The van der Waals surface area contributed by atoms with Gasteiger partial charge in [0.15, 0.2) is 0 Å². The van der Waals surface area contributed by atoms with Crippen molar-refractivity contribution in [1.29, 1.82) is 0 Å². The zero-order valence-corrected chi connectivity index (χ0v) is 21.1. The van der Waals surface area contributed by atoms with E-state index in [2.05, 4.69) is 4.98 Å². The molecule has 2 aliphatic heterocycles. The molecule has 196 valence electrons. The standard InChI is InChI=1S/C26H32F3N3O4/c1-6-35-22-14-34-13-21(22)31(5)24-19(8-16(3)11-30-24)12-32-17(4)23(36-25(32)33)18-7-15(2)9-20(10-18)26(27,28)29/h7-11,17,21-23H,6,12-14H2,1-5H3/t17-,21+,22-,23-/m0/s1. The Morgan fingerprint density at radius 2 is 1.92 bits per heavy atom. The molecular formula is C26H32F3N3O4. The van der Waals surface area contributed by atoms with E-state index in [9.17, 15) is 18.0 Å². The van der Waals surface area contributed by atoms with E-state index in [4.69, 9.17) is 14.2 Å². The van der Waals surface area contributed by atoms with Gasteiger partial charge < -0.3 is 19.1 Å². The number of aryl methyl sites for hydroxylation is 2. The number of benzene rings is 1. The summed E-state index contributed by atoms with van der Waals surface area (Å²) in [5.74, 6) is 0.694. The Morgan fingerprint density at radius 3 is 2.61 bits per heavy atom. The van der Waals surface area contributed by atoms with Crippen molar-refractivity contribution in [3.8, 4) is 0 Å². The Bertz CT molecular complexity index is 1110. The van der Waals surface area contributed by atoms with Crippen LogP contribution in [0, 0.1) is 13.8 Å². The highest BCUT2D eigenvalue weighted by Gasteiger charge is 2.42. The van der Waals surface area contributed by atoms with Crippen molar-refractivity contribution in [3.63, 3.8) is 0 Å². The molecule has 36 heavy (non-hydrogen) atoms. The first-order valence-electron chi connectivity index (χ1n) is 12.0. The Balaban J connectivity index is 1.60. The van der Waals surface area contributed by atoms with Crippen molar-refractivity contribution in [2.24, 2.45) is 0 Å². The van der Waals surface area contributed by atoms with Gasteiger partial charge in [0.1, 0.15) is 18.0 Å². The Morgan fingerprint density at radius 1 is 1.17 bits per heavy atom. The van der Waals surface area contributed by atoms with E-state index in [0.717, 1.165) is 23.3 Å². The second-order valence-electron chi connectivity index (χ2n) is 9.51. The predicted molar refractivity (Wildman–Crippen MR) is 128 cm³/mol. The molecule has 0 radical (unpaired) electrons. The lowest BCUT2D eigenvalue weighted by Crippen LogP contribution is -2.43. The van der Waals surface area contributed by atoms with Gasteiger partial charge in [-0.15, -0.1) is 0 Å². The summed E-state index contributed by atoms with van der Waals surface area (Å²) in [5.41, 5.74) is 1.76. The second kappa shape index (κ2) is 10.3. The maximum absolute atomic E-state index is 13.4. The number of hydrogen-bond donors (Lipinski definition) is 0. The molecule has 1 aromatic carbocycles. The summed E-state index contributed by atoms with van der Waals surface area (Å²) in [4.78, 5) is 21.1. The van der Waals surface area contributed by atoms with Crippen LogP contribution in [0.1, 0.15) is 47.8 Å². The Hall–Kier alpha value is -2.85. The highest BCUT2D eigenvalue weighted by Crippen LogP contribution is 2.38.